The molecule has 0 aromatic carbocycles. The van der Waals surface area contributed by atoms with E-state index in [0.717, 1.165) is 31.1 Å². The number of nitrogens with one attached hydrogen (secondary N) is 1. The lowest BCUT2D eigenvalue weighted by Crippen LogP contribution is -2.39. The summed E-state index contributed by atoms with van der Waals surface area (Å²) in [4.78, 5) is 11.5. The SMILES string of the molecule is CCNCc1cnc(N2CCCCC2CC)cn1. The highest BCUT2D eigenvalue weighted by atomic mass is 15.2. The van der Waals surface area contributed by atoms with Crippen LogP contribution >= 0.6 is 0 Å². The molecule has 1 aromatic heterocycles. The molecule has 100 valence electrons. The lowest BCUT2D eigenvalue weighted by Gasteiger charge is -2.35. The molecule has 0 bridgehead atoms. The van der Waals surface area contributed by atoms with Crippen molar-refractivity contribution in [2.24, 2.45) is 0 Å². The molecule has 4 heteroatoms. The minimum absolute atomic E-state index is 0.646. The summed E-state index contributed by atoms with van der Waals surface area (Å²) in [5.41, 5.74) is 1.02. The van der Waals surface area contributed by atoms with E-state index in [2.05, 4.69) is 34.0 Å². The molecule has 18 heavy (non-hydrogen) atoms. The van der Waals surface area contributed by atoms with Gasteiger partial charge < -0.3 is 10.2 Å². The molecule has 4 nitrogen and oxygen atoms in total. The van der Waals surface area contributed by atoms with Crippen molar-refractivity contribution in [2.75, 3.05) is 18.0 Å². The number of anilines is 1. The van der Waals surface area contributed by atoms with Gasteiger partial charge in [0.15, 0.2) is 0 Å². The van der Waals surface area contributed by atoms with E-state index in [0.29, 0.717) is 6.04 Å². The maximum atomic E-state index is 4.58. The Morgan fingerprint density at radius 1 is 1.28 bits per heavy atom. The van der Waals surface area contributed by atoms with E-state index in [4.69, 9.17) is 0 Å². The lowest BCUT2D eigenvalue weighted by molar-refractivity contribution is 0.446. The number of aromatic nitrogens is 2. The first-order chi connectivity index (χ1) is 8.85. The second-order valence-electron chi connectivity index (χ2n) is 4.90. The van der Waals surface area contributed by atoms with Crippen molar-refractivity contribution in [2.45, 2.75) is 52.1 Å². The first-order valence-corrected chi connectivity index (χ1v) is 7.13. The fraction of sp³-hybridized carbons (Fsp3) is 0.714. The summed E-state index contributed by atoms with van der Waals surface area (Å²) in [7, 11) is 0. The third kappa shape index (κ3) is 3.19. The van der Waals surface area contributed by atoms with Gasteiger partial charge in [-0.25, -0.2) is 4.98 Å². The molecule has 0 spiro atoms. The molecule has 1 aliphatic heterocycles. The van der Waals surface area contributed by atoms with Gasteiger partial charge in [0.1, 0.15) is 5.82 Å². The number of rotatable bonds is 5. The Balaban J connectivity index is 2.03. The van der Waals surface area contributed by atoms with Crippen molar-refractivity contribution in [1.82, 2.24) is 15.3 Å². The van der Waals surface area contributed by atoms with Gasteiger partial charge in [0.05, 0.1) is 18.1 Å². The van der Waals surface area contributed by atoms with Gasteiger partial charge in [-0.05, 0) is 32.2 Å². The van der Waals surface area contributed by atoms with Crippen LogP contribution in [0.3, 0.4) is 0 Å². The van der Waals surface area contributed by atoms with Crippen LogP contribution in [0.4, 0.5) is 5.82 Å². The van der Waals surface area contributed by atoms with Gasteiger partial charge in [-0.1, -0.05) is 13.8 Å². The third-order valence-corrected chi connectivity index (χ3v) is 3.64. The second kappa shape index (κ2) is 6.69. The summed E-state index contributed by atoms with van der Waals surface area (Å²) < 4.78 is 0. The Kier molecular flexibility index (Phi) is 4.93. The molecular weight excluding hydrogens is 224 g/mol. The molecule has 1 unspecified atom stereocenters. The van der Waals surface area contributed by atoms with E-state index in [1.807, 2.05) is 12.4 Å². The topological polar surface area (TPSA) is 41.1 Å². The van der Waals surface area contributed by atoms with Crippen LogP contribution in [-0.2, 0) is 6.54 Å². The molecule has 2 heterocycles. The molecule has 1 aliphatic rings. The molecular formula is C14H24N4. The monoisotopic (exact) mass is 248 g/mol. The summed E-state index contributed by atoms with van der Waals surface area (Å²) in [5, 5.41) is 3.27. The van der Waals surface area contributed by atoms with E-state index in [1.165, 1.54) is 25.7 Å². The number of nitrogens with zero attached hydrogens (tertiary/aromatic N) is 3. The van der Waals surface area contributed by atoms with Crippen molar-refractivity contribution >= 4 is 5.82 Å². The lowest BCUT2D eigenvalue weighted by atomic mass is 10.0. The number of hydrogen-bond donors (Lipinski definition) is 1. The largest absolute Gasteiger partial charge is 0.352 e. The van der Waals surface area contributed by atoms with Crippen LogP contribution in [0.5, 0.6) is 0 Å². The van der Waals surface area contributed by atoms with Crippen molar-refractivity contribution in [1.29, 1.82) is 0 Å². The van der Waals surface area contributed by atoms with E-state index in [-0.39, 0.29) is 0 Å². The van der Waals surface area contributed by atoms with Crippen molar-refractivity contribution in [3.05, 3.63) is 18.1 Å². The quantitative estimate of drug-likeness (QED) is 0.868. The summed E-state index contributed by atoms with van der Waals surface area (Å²) in [6.07, 6.45) is 8.94. The zero-order valence-electron chi connectivity index (χ0n) is 11.5. The highest BCUT2D eigenvalue weighted by Gasteiger charge is 2.21. The standard InChI is InChI=1S/C14H24N4/c1-3-13-7-5-6-8-18(13)14-11-16-12(10-17-14)9-15-4-2/h10-11,13,15H,3-9H2,1-2H3. The van der Waals surface area contributed by atoms with Crippen molar-refractivity contribution < 1.29 is 0 Å². The normalized spacial score (nSPS) is 20.1. The summed E-state index contributed by atoms with van der Waals surface area (Å²) in [6.45, 7) is 7.26. The first-order valence-electron chi connectivity index (χ1n) is 7.13. The summed E-state index contributed by atoms with van der Waals surface area (Å²) in [5.74, 6) is 1.04. The van der Waals surface area contributed by atoms with E-state index >= 15 is 0 Å². The molecule has 0 saturated carbocycles. The first kappa shape index (κ1) is 13.3. The Morgan fingerprint density at radius 3 is 2.83 bits per heavy atom. The Bertz CT molecular complexity index is 349. The van der Waals surface area contributed by atoms with Gasteiger partial charge in [-0.3, -0.25) is 4.98 Å². The van der Waals surface area contributed by atoms with Crippen LogP contribution in [0.2, 0.25) is 0 Å². The minimum atomic E-state index is 0.646. The van der Waals surface area contributed by atoms with Crippen LogP contribution < -0.4 is 10.2 Å². The maximum Gasteiger partial charge on any atom is 0.147 e. The van der Waals surface area contributed by atoms with Crippen LogP contribution in [0.15, 0.2) is 12.4 Å². The average molecular weight is 248 g/mol. The Labute approximate surface area is 110 Å². The molecule has 1 saturated heterocycles. The molecule has 1 fully saturated rings. The van der Waals surface area contributed by atoms with E-state index in [1.54, 1.807) is 0 Å². The van der Waals surface area contributed by atoms with Crippen LogP contribution in [-0.4, -0.2) is 29.1 Å². The predicted octanol–water partition coefficient (Wildman–Crippen LogP) is 2.36. The molecule has 1 N–H and O–H groups in total. The highest BCUT2D eigenvalue weighted by Crippen LogP contribution is 2.24. The van der Waals surface area contributed by atoms with Gasteiger partial charge in [0.2, 0.25) is 0 Å². The molecule has 0 radical (unpaired) electrons. The van der Waals surface area contributed by atoms with Crippen molar-refractivity contribution in [3.63, 3.8) is 0 Å². The molecule has 2 rings (SSSR count). The highest BCUT2D eigenvalue weighted by molar-refractivity contribution is 5.37. The zero-order valence-corrected chi connectivity index (χ0v) is 11.5. The summed E-state index contributed by atoms with van der Waals surface area (Å²) >= 11 is 0. The minimum Gasteiger partial charge on any atom is -0.352 e. The number of piperidine rings is 1. The molecule has 1 aromatic rings. The number of hydrogen-bond acceptors (Lipinski definition) is 4. The van der Waals surface area contributed by atoms with Crippen LogP contribution in [0.25, 0.3) is 0 Å². The predicted molar refractivity (Wildman–Crippen MR) is 74.7 cm³/mol. The van der Waals surface area contributed by atoms with Gasteiger partial charge in [-0.15, -0.1) is 0 Å². The Hall–Kier alpha value is -1.16. The van der Waals surface area contributed by atoms with Gasteiger partial charge in [-0.2, -0.15) is 0 Å². The molecule has 0 aliphatic carbocycles. The van der Waals surface area contributed by atoms with Crippen LogP contribution in [0, 0.1) is 0 Å². The zero-order chi connectivity index (χ0) is 12.8. The molecule has 0 amide bonds. The smallest absolute Gasteiger partial charge is 0.147 e. The van der Waals surface area contributed by atoms with Crippen LogP contribution in [0.1, 0.15) is 45.2 Å². The van der Waals surface area contributed by atoms with E-state index in [9.17, 15) is 0 Å². The maximum absolute atomic E-state index is 4.58. The van der Waals surface area contributed by atoms with E-state index < -0.39 is 0 Å². The van der Waals surface area contributed by atoms with Gasteiger partial charge in [0.25, 0.3) is 0 Å². The van der Waals surface area contributed by atoms with Gasteiger partial charge >= 0.3 is 0 Å². The fourth-order valence-electron chi connectivity index (χ4n) is 2.57. The fourth-order valence-corrected chi connectivity index (χ4v) is 2.57. The van der Waals surface area contributed by atoms with Crippen molar-refractivity contribution in [3.8, 4) is 0 Å². The average Bonchev–Trinajstić information content (AvgIpc) is 2.45. The van der Waals surface area contributed by atoms with Gasteiger partial charge in [0, 0.05) is 19.1 Å². The molecule has 1 atom stereocenters. The second-order valence-corrected chi connectivity index (χ2v) is 4.90. The Morgan fingerprint density at radius 2 is 2.17 bits per heavy atom. The third-order valence-electron chi connectivity index (χ3n) is 3.64. The summed E-state index contributed by atoms with van der Waals surface area (Å²) in [6, 6.07) is 0.646.